The molecule has 3 aromatic rings. The lowest BCUT2D eigenvalue weighted by molar-refractivity contribution is 0.102. The fraction of sp³-hybridized carbons (Fsp3) is 0.357. The summed E-state index contributed by atoms with van der Waals surface area (Å²) in [6, 6.07) is 18.3. The largest absolute Gasteiger partial charge is 0.493 e. The second-order valence-corrected chi connectivity index (χ2v) is 9.09. The highest BCUT2D eigenvalue weighted by Gasteiger charge is 2.27. The highest BCUT2D eigenvalue weighted by molar-refractivity contribution is 6.04. The van der Waals surface area contributed by atoms with Gasteiger partial charge in [0.1, 0.15) is 0 Å². The molecule has 1 fully saturated rings. The van der Waals surface area contributed by atoms with Gasteiger partial charge in [0.2, 0.25) is 0 Å². The summed E-state index contributed by atoms with van der Waals surface area (Å²) in [6.45, 7) is 4.61. The molecule has 3 heterocycles. The maximum absolute atomic E-state index is 12.5. The Morgan fingerprint density at radius 2 is 1.94 bits per heavy atom. The molecule has 1 aromatic heterocycles. The molecule has 0 spiro atoms. The summed E-state index contributed by atoms with van der Waals surface area (Å²) in [4.78, 5) is 21.6. The first-order valence-electron chi connectivity index (χ1n) is 12.3. The molecule has 1 saturated heterocycles. The van der Waals surface area contributed by atoms with E-state index in [9.17, 15) is 4.79 Å². The highest BCUT2D eigenvalue weighted by atomic mass is 16.5. The molecule has 0 saturated carbocycles. The van der Waals surface area contributed by atoms with E-state index in [0.717, 1.165) is 68.3 Å². The number of methoxy groups -OCH3 is 1. The molecule has 5 rings (SSSR count). The Labute approximate surface area is 206 Å². The lowest BCUT2D eigenvalue weighted by Crippen LogP contribution is -2.45. The van der Waals surface area contributed by atoms with E-state index >= 15 is 0 Å². The molecule has 0 aliphatic carbocycles. The summed E-state index contributed by atoms with van der Waals surface area (Å²) in [5.41, 5.74) is 3.69. The molecule has 0 atom stereocenters. The maximum atomic E-state index is 12.5. The van der Waals surface area contributed by atoms with E-state index in [1.165, 1.54) is 5.56 Å². The van der Waals surface area contributed by atoms with E-state index in [1.807, 2.05) is 24.3 Å². The number of aromatic nitrogens is 1. The molecule has 2 aromatic carbocycles. The van der Waals surface area contributed by atoms with Crippen LogP contribution in [0.5, 0.6) is 11.5 Å². The minimum atomic E-state index is -0.146. The quantitative estimate of drug-likeness (QED) is 0.586. The molecule has 0 bridgehead atoms. The number of carbonyl (C=O) groups is 1. The number of carbonyl (C=O) groups excluding carboxylic acids is 1. The fourth-order valence-electron chi connectivity index (χ4n) is 5.03. The second kappa shape index (κ2) is 10.8. The average Bonchev–Trinajstić information content (AvgIpc) is 2.89. The first kappa shape index (κ1) is 23.2. The molecule has 2 aliphatic heterocycles. The van der Waals surface area contributed by atoms with Crippen LogP contribution in [-0.2, 0) is 6.54 Å². The van der Waals surface area contributed by atoms with Crippen molar-refractivity contribution in [3.05, 3.63) is 78.1 Å². The number of ether oxygens (including phenoxy) is 2. The zero-order valence-electron chi connectivity index (χ0n) is 20.2. The van der Waals surface area contributed by atoms with Gasteiger partial charge in [-0.05, 0) is 55.7 Å². The van der Waals surface area contributed by atoms with Crippen LogP contribution in [0.25, 0.3) is 0 Å². The Bertz CT molecular complexity index is 1150. The molecule has 7 heteroatoms. The first-order chi connectivity index (χ1) is 17.2. The lowest BCUT2D eigenvalue weighted by atomic mass is 10.0. The van der Waals surface area contributed by atoms with Crippen molar-refractivity contribution in [1.82, 2.24) is 9.88 Å². The maximum Gasteiger partial charge on any atom is 0.257 e. The number of nitrogens with zero attached hydrogens (tertiary/aromatic N) is 3. The summed E-state index contributed by atoms with van der Waals surface area (Å²) in [5, 5.41) is 2.99. The van der Waals surface area contributed by atoms with Crippen LogP contribution in [0.3, 0.4) is 0 Å². The van der Waals surface area contributed by atoms with Crippen LogP contribution in [-0.4, -0.2) is 55.2 Å². The van der Waals surface area contributed by atoms with Crippen molar-refractivity contribution in [2.75, 3.05) is 43.6 Å². The molecule has 2 aliphatic rings. The van der Waals surface area contributed by atoms with Gasteiger partial charge in [-0.2, -0.15) is 0 Å². The first-order valence-corrected chi connectivity index (χ1v) is 12.3. The normalized spacial score (nSPS) is 17.0. The van der Waals surface area contributed by atoms with Crippen LogP contribution in [0.15, 0.2) is 67.0 Å². The van der Waals surface area contributed by atoms with Gasteiger partial charge in [-0.3, -0.25) is 14.7 Å². The zero-order chi connectivity index (χ0) is 24.0. The number of rotatable bonds is 5. The predicted molar refractivity (Wildman–Crippen MR) is 137 cm³/mol. The van der Waals surface area contributed by atoms with Gasteiger partial charge in [0, 0.05) is 61.6 Å². The number of hydrogen-bond acceptors (Lipinski definition) is 6. The summed E-state index contributed by atoms with van der Waals surface area (Å²) in [6.07, 6.45) is 6.46. The third-order valence-corrected chi connectivity index (χ3v) is 6.86. The number of piperidine rings is 1. The van der Waals surface area contributed by atoms with Crippen LogP contribution >= 0.6 is 0 Å². The summed E-state index contributed by atoms with van der Waals surface area (Å²) in [5.74, 6) is 1.56. The predicted octanol–water partition coefficient (Wildman–Crippen LogP) is 4.60. The van der Waals surface area contributed by atoms with Crippen molar-refractivity contribution in [3.8, 4) is 11.5 Å². The number of hydrogen-bond donors (Lipinski definition) is 1. The fourth-order valence-corrected chi connectivity index (χ4v) is 5.03. The molecule has 182 valence electrons. The van der Waals surface area contributed by atoms with Gasteiger partial charge in [0.05, 0.1) is 19.3 Å². The van der Waals surface area contributed by atoms with Crippen LogP contribution in [0.4, 0.5) is 11.4 Å². The second-order valence-electron chi connectivity index (χ2n) is 9.09. The van der Waals surface area contributed by atoms with Gasteiger partial charge in [-0.25, -0.2) is 0 Å². The Hall–Kier alpha value is -3.58. The molecular weight excluding hydrogens is 440 g/mol. The third kappa shape index (κ3) is 5.41. The Balaban J connectivity index is 1.22. The summed E-state index contributed by atoms with van der Waals surface area (Å²) in [7, 11) is 1.70. The van der Waals surface area contributed by atoms with E-state index in [1.54, 1.807) is 31.6 Å². The number of benzene rings is 2. The van der Waals surface area contributed by atoms with Crippen LogP contribution in [0.1, 0.15) is 35.2 Å². The Morgan fingerprint density at radius 1 is 1.09 bits per heavy atom. The number of fused-ring (bicyclic) bond motifs is 1. The molecule has 35 heavy (non-hydrogen) atoms. The van der Waals surface area contributed by atoms with Gasteiger partial charge in [-0.1, -0.05) is 18.2 Å². The van der Waals surface area contributed by atoms with Crippen molar-refractivity contribution in [3.63, 3.8) is 0 Å². The Morgan fingerprint density at radius 3 is 2.74 bits per heavy atom. The van der Waals surface area contributed by atoms with Gasteiger partial charge in [0.25, 0.3) is 5.91 Å². The van der Waals surface area contributed by atoms with Crippen molar-refractivity contribution >= 4 is 17.3 Å². The standard InChI is InChI=1S/C28H32N4O3/c1-34-26-10-2-6-22-20-32(14-5-17-35-27(22)26)24-11-15-31(16-12-24)25-9-3-8-23(18-25)30-28(33)21-7-4-13-29-19-21/h2-4,6-10,13,18-19,24H,5,11-12,14-17,20H2,1H3,(H,30,33). The average molecular weight is 473 g/mol. The summed E-state index contributed by atoms with van der Waals surface area (Å²) >= 11 is 0. The van der Waals surface area contributed by atoms with Crippen LogP contribution in [0, 0.1) is 0 Å². The number of para-hydroxylation sites is 1. The zero-order valence-corrected chi connectivity index (χ0v) is 20.2. The monoisotopic (exact) mass is 472 g/mol. The van der Waals surface area contributed by atoms with Gasteiger partial charge in [-0.15, -0.1) is 0 Å². The minimum Gasteiger partial charge on any atom is -0.493 e. The highest BCUT2D eigenvalue weighted by Crippen LogP contribution is 2.34. The summed E-state index contributed by atoms with van der Waals surface area (Å²) < 4.78 is 11.6. The Kier molecular flexibility index (Phi) is 7.14. The van der Waals surface area contributed by atoms with Crippen molar-refractivity contribution in [2.45, 2.75) is 31.8 Å². The number of nitrogens with one attached hydrogen (secondary N) is 1. The number of anilines is 2. The van der Waals surface area contributed by atoms with Gasteiger partial charge in [0.15, 0.2) is 11.5 Å². The van der Waals surface area contributed by atoms with Crippen molar-refractivity contribution in [1.29, 1.82) is 0 Å². The van der Waals surface area contributed by atoms with Gasteiger partial charge < -0.3 is 19.7 Å². The minimum absolute atomic E-state index is 0.146. The van der Waals surface area contributed by atoms with E-state index < -0.39 is 0 Å². The molecule has 0 radical (unpaired) electrons. The molecular formula is C28H32N4O3. The number of pyridine rings is 1. The molecule has 7 nitrogen and oxygen atoms in total. The van der Waals surface area contributed by atoms with E-state index in [2.05, 4.69) is 38.3 Å². The topological polar surface area (TPSA) is 66.9 Å². The van der Waals surface area contributed by atoms with Crippen LogP contribution in [0.2, 0.25) is 0 Å². The van der Waals surface area contributed by atoms with Crippen molar-refractivity contribution < 1.29 is 14.3 Å². The van der Waals surface area contributed by atoms with E-state index in [0.29, 0.717) is 18.2 Å². The lowest BCUT2D eigenvalue weighted by Gasteiger charge is -2.40. The molecule has 1 amide bonds. The van der Waals surface area contributed by atoms with E-state index in [4.69, 9.17) is 9.47 Å². The number of amides is 1. The SMILES string of the molecule is COc1cccc2c1OCCCN(C1CCN(c3cccc(NC(=O)c4cccnc4)c3)CC1)C2. The van der Waals surface area contributed by atoms with Crippen LogP contribution < -0.4 is 19.7 Å². The van der Waals surface area contributed by atoms with Gasteiger partial charge >= 0.3 is 0 Å². The van der Waals surface area contributed by atoms with E-state index in [-0.39, 0.29) is 5.91 Å². The molecule has 0 unspecified atom stereocenters. The van der Waals surface area contributed by atoms with Crippen molar-refractivity contribution in [2.24, 2.45) is 0 Å². The molecule has 1 N–H and O–H groups in total. The smallest absolute Gasteiger partial charge is 0.257 e. The third-order valence-electron chi connectivity index (χ3n) is 6.86.